The van der Waals surface area contributed by atoms with Crippen LogP contribution in [0.2, 0.25) is 0 Å². The van der Waals surface area contributed by atoms with E-state index in [1.165, 1.54) is 0 Å². The van der Waals surface area contributed by atoms with Crippen molar-refractivity contribution in [2.45, 2.75) is 19.4 Å². The van der Waals surface area contributed by atoms with Gasteiger partial charge in [-0.3, -0.25) is 4.79 Å². The summed E-state index contributed by atoms with van der Waals surface area (Å²) in [4.78, 5) is 11.0. The van der Waals surface area contributed by atoms with E-state index in [4.69, 9.17) is 4.74 Å². The maximum Gasteiger partial charge on any atom is 0.306 e. The molecule has 4 heteroatoms. The Morgan fingerprint density at radius 2 is 2.42 bits per heavy atom. The van der Waals surface area contributed by atoms with Crippen LogP contribution >= 0.6 is 0 Å². The monoisotopic (exact) mass is 173 g/mol. The normalized spacial score (nSPS) is 28.8. The first-order chi connectivity index (χ1) is 5.74. The van der Waals surface area contributed by atoms with Gasteiger partial charge in [-0.1, -0.05) is 0 Å². The fraction of sp³-hybridized carbons (Fsp3) is 0.875. The van der Waals surface area contributed by atoms with E-state index in [1.807, 2.05) is 0 Å². The van der Waals surface area contributed by atoms with Crippen LogP contribution in [0.4, 0.5) is 0 Å². The Morgan fingerprint density at radius 1 is 1.67 bits per heavy atom. The van der Waals surface area contributed by atoms with Crippen LogP contribution in [0.15, 0.2) is 0 Å². The van der Waals surface area contributed by atoms with Gasteiger partial charge in [0, 0.05) is 19.0 Å². The largest absolute Gasteiger partial charge is 0.466 e. The number of nitrogens with one attached hydrogen (secondary N) is 1. The lowest BCUT2D eigenvalue weighted by Crippen LogP contribution is -2.22. The summed E-state index contributed by atoms with van der Waals surface area (Å²) in [5.41, 5.74) is 0. The molecule has 2 atom stereocenters. The summed E-state index contributed by atoms with van der Waals surface area (Å²) >= 11 is 0. The summed E-state index contributed by atoms with van der Waals surface area (Å²) in [5, 5.41) is 12.3. The van der Waals surface area contributed by atoms with Crippen LogP contribution in [0.25, 0.3) is 0 Å². The molecule has 0 amide bonds. The molecule has 0 bridgehead atoms. The van der Waals surface area contributed by atoms with Crippen molar-refractivity contribution in [3.8, 4) is 0 Å². The van der Waals surface area contributed by atoms with Gasteiger partial charge in [0.2, 0.25) is 0 Å². The number of aliphatic hydroxyl groups excluding tert-OH is 1. The van der Waals surface area contributed by atoms with Gasteiger partial charge in [0.1, 0.15) is 0 Å². The number of β-amino-alcohol motifs (C(OH)–C–C–N with tert-alkyl or cyclic N) is 1. The van der Waals surface area contributed by atoms with Crippen molar-refractivity contribution >= 4 is 5.97 Å². The lowest BCUT2D eigenvalue weighted by molar-refractivity contribution is -0.144. The van der Waals surface area contributed by atoms with E-state index in [-0.39, 0.29) is 11.9 Å². The molecule has 1 heterocycles. The van der Waals surface area contributed by atoms with Crippen LogP contribution in [0, 0.1) is 5.92 Å². The van der Waals surface area contributed by atoms with Crippen LogP contribution in [0.1, 0.15) is 13.3 Å². The smallest absolute Gasteiger partial charge is 0.306 e. The molecule has 0 aromatic rings. The zero-order valence-corrected chi connectivity index (χ0v) is 7.25. The molecule has 70 valence electrons. The first kappa shape index (κ1) is 9.48. The topological polar surface area (TPSA) is 58.6 Å². The van der Waals surface area contributed by atoms with Crippen molar-refractivity contribution in [1.29, 1.82) is 0 Å². The predicted octanol–water partition coefficient (Wildman–Crippen LogP) is -0.480. The summed E-state index contributed by atoms with van der Waals surface area (Å²) < 4.78 is 4.77. The van der Waals surface area contributed by atoms with Gasteiger partial charge in [-0.25, -0.2) is 0 Å². The number of hydrogen-bond donors (Lipinski definition) is 2. The van der Waals surface area contributed by atoms with Crippen LogP contribution < -0.4 is 5.32 Å². The highest BCUT2D eigenvalue weighted by atomic mass is 16.5. The number of hydrogen-bond acceptors (Lipinski definition) is 4. The van der Waals surface area contributed by atoms with Crippen molar-refractivity contribution in [2.24, 2.45) is 5.92 Å². The van der Waals surface area contributed by atoms with Crippen molar-refractivity contribution in [3.05, 3.63) is 0 Å². The second kappa shape index (κ2) is 4.42. The van der Waals surface area contributed by atoms with Crippen molar-refractivity contribution < 1.29 is 14.6 Å². The van der Waals surface area contributed by atoms with E-state index >= 15 is 0 Å². The minimum absolute atomic E-state index is 0.0315. The Kier molecular flexibility index (Phi) is 3.49. The van der Waals surface area contributed by atoms with Gasteiger partial charge in [-0.2, -0.15) is 0 Å². The molecule has 0 spiro atoms. The molecule has 0 aromatic carbocycles. The summed E-state index contributed by atoms with van der Waals surface area (Å²) in [5.74, 6) is -0.186. The van der Waals surface area contributed by atoms with Gasteiger partial charge in [-0.15, -0.1) is 0 Å². The Balaban J connectivity index is 2.25. The Bertz CT molecular complexity index is 160. The van der Waals surface area contributed by atoms with Crippen LogP contribution in [0.5, 0.6) is 0 Å². The number of aliphatic hydroxyl groups is 1. The van der Waals surface area contributed by atoms with E-state index in [1.54, 1.807) is 6.92 Å². The molecular weight excluding hydrogens is 158 g/mol. The molecule has 2 N–H and O–H groups in total. The molecule has 1 saturated heterocycles. The van der Waals surface area contributed by atoms with Gasteiger partial charge in [0.05, 0.1) is 19.1 Å². The molecule has 1 aliphatic rings. The Labute approximate surface area is 71.9 Å². The molecule has 1 rings (SSSR count). The second-order valence-electron chi connectivity index (χ2n) is 2.99. The zero-order chi connectivity index (χ0) is 8.97. The van der Waals surface area contributed by atoms with E-state index < -0.39 is 6.10 Å². The molecule has 0 aliphatic carbocycles. The Morgan fingerprint density at radius 3 is 2.92 bits per heavy atom. The highest BCUT2D eigenvalue weighted by Crippen LogP contribution is 2.13. The first-order valence-electron chi connectivity index (χ1n) is 4.28. The SMILES string of the molecule is CCOC(=O)C[C@@H]1CNC[C@H]1O. The van der Waals surface area contributed by atoms with Crippen molar-refractivity contribution in [3.63, 3.8) is 0 Å². The summed E-state index contributed by atoms with van der Waals surface area (Å²) in [6.07, 6.45) is -0.0726. The lowest BCUT2D eigenvalue weighted by Gasteiger charge is -2.11. The molecule has 12 heavy (non-hydrogen) atoms. The van der Waals surface area contributed by atoms with E-state index in [9.17, 15) is 9.90 Å². The summed E-state index contributed by atoms with van der Waals surface area (Å²) in [7, 11) is 0. The third-order valence-corrected chi connectivity index (χ3v) is 2.04. The number of carbonyl (C=O) groups is 1. The maximum absolute atomic E-state index is 11.0. The van der Waals surface area contributed by atoms with E-state index in [2.05, 4.69) is 5.32 Å². The molecule has 1 fully saturated rings. The highest BCUT2D eigenvalue weighted by molar-refractivity contribution is 5.69. The van der Waals surface area contributed by atoms with Crippen LogP contribution in [-0.2, 0) is 9.53 Å². The fourth-order valence-corrected chi connectivity index (χ4v) is 1.36. The van der Waals surface area contributed by atoms with Crippen molar-refractivity contribution in [2.75, 3.05) is 19.7 Å². The molecule has 1 aliphatic heterocycles. The molecule has 0 saturated carbocycles. The highest BCUT2D eigenvalue weighted by Gasteiger charge is 2.27. The predicted molar refractivity (Wildman–Crippen MR) is 43.6 cm³/mol. The van der Waals surface area contributed by atoms with Crippen LogP contribution in [0.3, 0.4) is 0 Å². The Hall–Kier alpha value is -0.610. The summed E-state index contributed by atoms with van der Waals surface area (Å²) in [6, 6.07) is 0. The average Bonchev–Trinajstić information content (AvgIpc) is 2.37. The quantitative estimate of drug-likeness (QED) is 0.566. The van der Waals surface area contributed by atoms with E-state index in [0.29, 0.717) is 26.1 Å². The standard InChI is InChI=1S/C8H15NO3/c1-2-12-8(11)3-6-4-9-5-7(6)10/h6-7,9-10H,2-5H2,1H3/t6-,7-/m1/s1. The summed E-state index contributed by atoms with van der Waals surface area (Å²) in [6.45, 7) is 3.49. The number of carbonyl (C=O) groups excluding carboxylic acids is 1. The lowest BCUT2D eigenvalue weighted by atomic mass is 10.0. The average molecular weight is 173 g/mol. The molecular formula is C8H15NO3. The minimum atomic E-state index is -0.394. The third-order valence-electron chi connectivity index (χ3n) is 2.04. The zero-order valence-electron chi connectivity index (χ0n) is 7.25. The van der Waals surface area contributed by atoms with E-state index in [0.717, 1.165) is 0 Å². The fourth-order valence-electron chi connectivity index (χ4n) is 1.36. The minimum Gasteiger partial charge on any atom is -0.466 e. The molecule has 0 aromatic heterocycles. The molecule has 4 nitrogen and oxygen atoms in total. The van der Waals surface area contributed by atoms with Gasteiger partial charge in [-0.05, 0) is 6.92 Å². The van der Waals surface area contributed by atoms with Crippen LogP contribution in [-0.4, -0.2) is 36.9 Å². The second-order valence-corrected chi connectivity index (χ2v) is 2.99. The molecule has 0 unspecified atom stereocenters. The van der Waals surface area contributed by atoms with Gasteiger partial charge in [0.25, 0.3) is 0 Å². The molecule has 0 radical (unpaired) electrons. The van der Waals surface area contributed by atoms with Gasteiger partial charge >= 0.3 is 5.97 Å². The maximum atomic E-state index is 11.0. The van der Waals surface area contributed by atoms with Gasteiger partial charge in [0.15, 0.2) is 0 Å². The number of esters is 1. The van der Waals surface area contributed by atoms with Gasteiger partial charge < -0.3 is 15.2 Å². The number of rotatable bonds is 3. The number of ether oxygens (including phenoxy) is 1. The van der Waals surface area contributed by atoms with Crippen molar-refractivity contribution in [1.82, 2.24) is 5.32 Å². The third kappa shape index (κ3) is 2.46. The first-order valence-corrected chi connectivity index (χ1v) is 4.28.